The van der Waals surface area contributed by atoms with Gasteiger partial charge in [-0.05, 0) is 38.5 Å². The van der Waals surface area contributed by atoms with Crippen LogP contribution in [-0.2, 0) is 23.0 Å². The minimum atomic E-state index is -0.431. The fourth-order valence-electron chi connectivity index (χ4n) is 2.45. The number of carbonyl (C=O) groups is 1. The standard InChI is InChI=1S/C19H24N2O4S/c1-6-25-18(23)13(3)26-19-20-12(2)16(17(22)21(19)4)11-14-7-9-15(24-5)10-8-14/h7-10,13H,6,11H2,1-5H3/t13-/m0/s1. The summed E-state index contributed by atoms with van der Waals surface area (Å²) >= 11 is 1.23. The molecule has 0 fully saturated rings. The molecule has 1 heterocycles. The molecule has 140 valence electrons. The second-order valence-corrected chi connectivity index (χ2v) is 7.17. The molecule has 0 N–H and O–H groups in total. The van der Waals surface area contributed by atoms with Crippen LogP contribution in [0.5, 0.6) is 5.75 Å². The lowest BCUT2D eigenvalue weighted by Gasteiger charge is -2.15. The van der Waals surface area contributed by atoms with Crippen LogP contribution < -0.4 is 10.3 Å². The predicted octanol–water partition coefficient (Wildman–Crippen LogP) is 2.73. The number of aryl methyl sites for hydroxylation is 1. The minimum absolute atomic E-state index is 0.105. The Bertz CT molecular complexity index is 831. The van der Waals surface area contributed by atoms with Crippen LogP contribution in [0, 0.1) is 6.92 Å². The van der Waals surface area contributed by atoms with Gasteiger partial charge in [-0.25, -0.2) is 4.98 Å². The van der Waals surface area contributed by atoms with E-state index in [9.17, 15) is 9.59 Å². The van der Waals surface area contributed by atoms with Crippen LogP contribution in [0.4, 0.5) is 0 Å². The summed E-state index contributed by atoms with van der Waals surface area (Å²) in [6.07, 6.45) is 0.494. The van der Waals surface area contributed by atoms with Crippen molar-refractivity contribution in [1.29, 1.82) is 0 Å². The van der Waals surface area contributed by atoms with Crippen molar-refractivity contribution in [3.05, 3.63) is 51.4 Å². The molecule has 2 aromatic rings. The van der Waals surface area contributed by atoms with Gasteiger partial charge in [0.2, 0.25) is 0 Å². The molecule has 1 aromatic heterocycles. The summed E-state index contributed by atoms with van der Waals surface area (Å²) in [5, 5.41) is 0.0754. The van der Waals surface area contributed by atoms with Crippen LogP contribution in [0.1, 0.15) is 30.7 Å². The van der Waals surface area contributed by atoms with Gasteiger partial charge in [0, 0.05) is 24.7 Å². The third kappa shape index (κ3) is 4.66. The Balaban J connectivity index is 2.26. The summed E-state index contributed by atoms with van der Waals surface area (Å²) in [5.74, 6) is 0.461. The maximum Gasteiger partial charge on any atom is 0.319 e. The lowest BCUT2D eigenvalue weighted by molar-refractivity contribution is -0.142. The summed E-state index contributed by atoms with van der Waals surface area (Å²) in [6, 6.07) is 7.61. The molecule has 1 atom stereocenters. The molecule has 0 bridgehead atoms. The molecular formula is C19H24N2O4S. The maximum atomic E-state index is 12.8. The van der Waals surface area contributed by atoms with Crippen molar-refractivity contribution in [2.24, 2.45) is 7.05 Å². The molecule has 0 aliphatic heterocycles. The van der Waals surface area contributed by atoms with Crippen LogP contribution in [0.3, 0.4) is 0 Å². The molecule has 0 spiro atoms. The first kappa shape index (κ1) is 20.0. The highest BCUT2D eigenvalue weighted by atomic mass is 32.2. The number of esters is 1. The average molecular weight is 376 g/mol. The number of methoxy groups -OCH3 is 1. The van der Waals surface area contributed by atoms with Crippen LogP contribution in [0.15, 0.2) is 34.2 Å². The number of thioether (sulfide) groups is 1. The van der Waals surface area contributed by atoms with E-state index < -0.39 is 5.25 Å². The zero-order valence-electron chi connectivity index (χ0n) is 15.7. The Morgan fingerprint density at radius 2 is 1.96 bits per heavy atom. The fourth-order valence-corrected chi connectivity index (χ4v) is 3.36. The molecule has 0 amide bonds. The Hall–Kier alpha value is -2.28. The van der Waals surface area contributed by atoms with Gasteiger partial charge in [0.1, 0.15) is 11.0 Å². The lowest BCUT2D eigenvalue weighted by Crippen LogP contribution is -2.27. The van der Waals surface area contributed by atoms with Crippen LogP contribution in [0.2, 0.25) is 0 Å². The van der Waals surface area contributed by atoms with Crippen LogP contribution >= 0.6 is 11.8 Å². The van der Waals surface area contributed by atoms with Gasteiger partial charge >= 0.3 is 5.97 Å². The SMILES string of the molecule is CCOC(=O)[C@H](C)Sc1nc(C)c(Cc2ccc(OC)cc2)c(=O)n1C. The maximum absolute atomic E-state index is 12.8. The molecule has 6 nitrogen and oxygen atoms in total. The molecule has 26 heavy (non-hydrogen) atoms. The van der Waals surface area contributed by atoms with Gasteiger partial charge in [-0.2, -0.15) is 0 Å². The van der Waals surface area contributed by atoms with E-state index in [-0.39, 0.29) is 11.5 Å². The topological polar surface area (TPSA) is 70.4 Å². The van der Waals surface area contributed by atoms with E-state index in [1.807, 2.05) is 31.2 Å². The largest absolute Gasteiger partial charge is 0.497 e. The van der Waals surface area contributed by atoms with Gasteiger partial charge < -0.3 is 9.47 Å². The van der Waals surface area contributed by atoms with Gasteiger partial charge in [-0.15, -0.1) is 0 Å². The molecule has 0 saturated carbocycles. The Kier molecular flexibility index (Phi) is 6.85. The number of hydrogen-bond acceptors (Lipinski definition) is 6. The zero-order valence-corrected chi connectivity index (χ0v) is 16.6. The van der Waals surface area contributed by atoms with E-state index in [1.54, 1.807) is 28.0 Å². The molecular weight excluding hydrogens is 352 g/mol. The van der Waals surface area contributed by atoms with Gasteiger partial charge in [-0.1, -0.05) is 23.9 Å². The number of hydrogen-bond donors (Lipinski definition) is 0. The zero-order chi connectivity index (χ0) is 19.3. The van der Waals surface area contributed by atoms with Crippen LogP contribution in [-0.4, -0.2) is 34.5 Å². The normalized spacial score (nSPS) is 11.9. The highest BCUT2D eigenvalue weighted by molar-refractivity contribution is 8.00. The number of benzene rings is 1. The third-order valence-electron chi connectivity index (χ3n) is 3.99. The van der Waals surface area contributed by atoms with Crippen molar-refractivity contribution in [3.63, 3.8) is 0 Å². The lowest BCUT2D eigenvalue weighted by atomic mass is 10.1. The Morgan fingerprint density at radius 1 is 1.31 bits per heavy atom. The summed E-state index contributed by atoms with van der Waals surface area (Å²) in [4.78, 5) is 29.1. The Labute approximate surface area is 157 Å². The van der Waals surface area contributed by atoms with Crippen molar-refractivity contribution in [2.45, 2.75) is 37.6 Å². The van der Waals surface area contributed by atoms with E-state index in [1.165, 1.54) is 16.3 Å². The molecule has 2 rings (SSSR count). The number of rotatable bonds is 7. The summed E-state index contributed by atoms with van der Waals surface area (Å²) in [6.45, 7) is 5.66. The average Bonchev–Trinajstić information content (AvgIpc) is 2.63. The van der Waals surface area contributed by atoms with E-state index in [2.05, 4.69) is 4.98 Å². The van der Waals surface area contributed by atoms with E-state index in [0.29, 0.717) is 29.4 Å². The molecule has 0 aliphatic rings. The smallest absolute Gasteiger partial charge is 0.319 e. The quantitative estimate of drug-likeness (QED) is 0.420. The molecule has 1 aromatic carbocycles. The number of aromatic nitrogens is 2. The second kappa shape index (κ2) is 8.89. The van der Waals surface area contributed by atoms with Gasteiger partial charge in [-0.3, -0.25) is 14.2 Å². The summed E-state index contributed by atoms with van der Waals surface area (Å²) in [5.41, 5.74) is 2.22. The highest BCUT2D eigenvalue weighted by Crippen LogP contribution is 2.22. The Morgan fingerprint density at radius 3 is 2.54 bits per heavy atom. The second-order valence-electron chi connectivity index (χ2n) is 5.86. The number of nitrogens with zero attached hydrogens (tertiary/aromatic N) is 2. The fraction of sp³-hybridized carbons (Fsp3) is 0.421. The monoisotopic (exact) mass is 376 g/mol. The van der Waals surface area contributed by atoms with Crippen molar-refractivity contribution in [1.82, 2.24) is 9.55 Å². The van der Waals surface area contributed by atoms with Gasteiger partial charge in [0.15, 0.2) is 5.16 Å². The van der Waals surface area contributed by atoms with Gasteiger partial charge in [0.05, 0.1) is 13.7 Å². The summed E-state index contributed by atoms with van der Waals surface area (Å²) < 4.78 is 11.7. The van der Waals surface area contributed by atoms with Crippen LogP contribution in [0.25, 0.3) is 0 Å². The molecule has 0 saturated heterocycles. The number of ether oxygens (including phenoxy) is 2. The highest BCUT2D eigenvalue weighted by Gasteiger charge is 2.20. The van der Waals surface area contributed by atoms with Crippen molar-refractivity contribution < 1.29 is 14.3 Å². The molecule has 0 aliphatic carbocycles. The van der Waals surface area contributed by atoms with Crippen molar-refractivity contribution in [2.75, 3.05) is 13.7 Å². The first-order valence-corrected chi connectivity index (χ1v) is 9.28. The van der Waals surface area contributed by atoms with E-state index in [0.717, 1.165) is 11.3 Å². The van der Waals surface area contributed by atoms with E-state index in [4.69, 9.17) is 9.47 Å². The minimum Gasteiger partial charge on any atom is -0.497 e. The molecule has 0 radical (unpaired) electrons. The third-order valence-corrected chi connectivity index (χ3v) is 5.11. The van der Waals surface area contributed by atoms with Crippen molar-refractivity contribution >= 4 is 17.7 Å². The molecule has 7 heteroatoms. The first-order valence-electron chi connectivity index (χ1n) is 8.40. The number of carbonyl (C=O) groups excluding carboxylic acids is 1. The first-order chi connectivity index (χ1) is 12.4. The van der Waals surface area contributed by atoms with Gasteiger partial charge in [0.25, 0.3) is 5.56 Å². The van der Waals surface area contributed by atoms with Crippen molar-refractivity contribution in [3.8, 4) is 5.75 Å². The predicted molar refractivity (Wildman–Crippen MR) is 102 cm³/mol. The van der Waals surface area contributed by atoms with E-state index >= 15 is 0 Å². The molecule has 0 unspecified atom stereocenters. The summed E-state index contributed by atoms with van der Waals surface area (Å²) in [7, 11) is 3.29.